The zero-order valence-corrected chi connectivity index (χ0v) is 13.9. The van der Waals surface area contributed by atoms with E-state index in [0.717, 1.165) is 25.1 Å². The van der Waals surface area contributed by atoms with E-state index < -0.39 is 0 Å². The Kier molecular flexibility index (Phi) is 5.43. The number of anilines is 2. The van der Waals surface area contributed by atoms with E-state index in [1.54, 1.807) is 6.20 Å². The molecule has 0 atom stereocenters. The van der Waals surface area contributed by atoms with Crippen molar-refractivity contribution in [1.29, 1.82) is 0 Å². The summed E-state index contributed by atoms with van der Waals surface area (Å²) in [4.78, 5) is 18.7. The van der Waals surface area contributed by atoms with E-state index in [9.17, 15) is 4.79 Å². The molecule has 5 nitrogen and oxygen atoms in total. The number of hydrogen-bond donors (Lipinski definition) is 1. The third-order valence-corrected chi connectivity index (χ3v) is 4.29. The summed E-state index contributed by atoms with van der Waals surface area (Å²) in [7, 11) is 2.03. The quantitative estimate of drug-likeness (QED) is 0.918. The first kappa shape index (κ1) is 16.5. The molecule has 1 aromatic carbocycles. The minimum absolute atomic E-state index is 0.0287. The molecule has 0 aliphatic carbocycles. The molecule has 0 unspecified atom stereocenters. The second kappa shape index (κ2) is 7.93. The van der Waals surface area contributed by atoms with E-state index in [4.69, 9.17) is 4.74 Å². The van der Waals surface area contributed by atoms with Gasteiger partial charge in [-0.15, -0.1) is 0 Å². The van der Waals surface area contributed by atoms with Gasteiger partial charge in [0.2, 0.25) is 5.91 Å². The molecule has 1 aliphatic heterocycles. The molecule has 126 valence electrons. The highest BCUT2D eigenvalue weighted by Crippen LogP contribution is 2.19. The Morgan fingerprint density at radius 2 is 1.96 bits per heavy atom. The summed E-state index contributed by atoms with van der Waals surface area (Å²) in [6.45, 7) is 2.14. The number of carbonyl (C=O) groups is 1. The molecule has 1 N–H and O–H groups in total. The number of ether oxygens (including phenoxy) is 1. The van der Waals surface area contributed by atoms with Gasteiger partial charge in [-0.1, -0.05) is 30.3 Å². The van der Waals surface area contributed by atoms with Crippen LogP contribution in [-0.4, -0.2) is 31.2 Å². The van der Waals surface area contributed by atoms with Crippen molar-refractivity contribution in [2.45, 2.75) is 19.4 Å². The summed E-state index contributed by atoms with van der Waals surface area (Å²) in [6, 6.07) is 14.1. The van der Waals surface area contributed by atoms with Gasteiger partial charge in [-0.2, -0.15) is 0 Å². The predicted octanol–water partition coefficient (Wildman–Crippen LogP) is 3.08. The number of rotatable bonds is 5. The van der Waals surface area contributed by atoms with Gasteiger partial charge in [0, 0.05) is 32.7 Å². The molecular weight excluding hydrogens is 302 g/mol. The van der Waals surface area contributed by atoms with Crippen LogP contribution in [0.5, 0.6) is 0 Å². The van der Waals surface area contributed by atoms with Crippen LogP contribution in [-0.2, 0) is 16.1 Å². The fraction of sp³-hybridized carbons (Fsp3) is 0.368. The van der Waals surface area contributed by atoms with Crippen molar-refractivity contribution in [2.24, 2.45) is 5.92 Å². The lowest BCUT2D eigenvalue weighted by Crippen LogP contribution is -2.28. The van der Waals surface area contributed by atoms with Gasteiger partial charge in [0.25, 0.3) is 0 Å². The van der Waals surface area contributed by atoms with Crippen LogP contribution in [0.15, 0.2) is 48.7 Å². The van der Waals surface area contributed by atoms with E-state index in [-0.39, 0.29) is 11.8 Å². The van der Waals surface area contributed by atoms with Crippen LogP contribution in [0.4, 0.5) is 11.5 Å². The van der Waals surface area contributed by atoms with Gasteiger partial charge in [-0.25, -0.2) is 4.98 Å². The van der Waals surface area contributed by atoms with Crippen LogP contribution in [0.3, 0.4) is 0 Å². The summed E-state index contributed by atoms with van der Waals surface area (Å²) < 4.78 is 5.29. The van der Waals surface area contributed by atoms with Crippen LogP contribution in [0, 0.1) is 5.92 Å². The molecular formula is C19H23N3O2. The Balaban J connectivity index is 1.57. The van der Waals surface area contributed by atoms with Crippen molar-refractivity contribution in [2.75, 3.05) is 30.5 Å². The van der Waals surface area contributed by atoms with Gasteiger partial charge in [0.05, 0.1) is 11.9 Å². The molecule has 0 bridgehead atoms. The van der Waals surface area contributed by atoms with Crippen molar-refractivity contribution < 1.29 is 9.53 Å². The second-order valence-electron chi connectivity index (χ2n) is 6.12. The van der Waals surface area contributed by atoms with Crippen LogP contribution < -0.4 is 10.2 Å². The van der Waals surface area contributed by atoms with E-state index in [0.29, 0.717) is 19.0 Å². The first-order valence-electron chi connectivity index (χ1n) is 8.32. The Labute approximate surface area is 142 Å². The maximum Gasteiger partial charge on any atom is 0.228 e. The van der Waals surface area contributed by atoms with E-state index >= 15 is 0 Å². The number of aromatic nitrogens is 1. The SMILES string of the molecule is CN(Cc1ccccc1)c1ccc(NC(=O)C2CCOCC2)nc1. The summed E-state index contributed by atoms with van der Waals surface area (Å²) in [5.74, 6) is 0.667. The number of benzene rings is 1. The van der Waals surface area contributed by atoms with Crippen LogP contribution in [0.2, 0.25) is 0 Å². The largest absolute Gasteiger partial charge is 0.381 e. The summed E-state index contributed by atoms with van der Waals surface area (Å²) in [5, 5.41) is 2.90. The van der Waals surface area contributed by atoms with Crippen LogP contribution >= 0.6 is 0 Å². The smallest absolute Gasteiger partial charge is 0.228 e. The predicted molar refractivity (Wildman–Crippen MR) is 95.0 cm³/mol. The Bertz CT molecular complexity index is 652. The van der Waals surface area contributed by atoms with Crippen LogP contribution in [0.25, 0.3) is 0 Å². The maximum atomic E-state index is 12.2. The molecule has 1 aromatic heterocycles. The summed E-state index contributed by atoms with van der Waals surface area (Å²) >= 11 is 0. The fourth-order valence-corrected chi connectivity index (χ4v) is 2.82. The molecule has 0 saturated carbocycles. The zero-order chi connectivity index (χ0) is 16.8. The van der Waals surface area contributed by atoms with Crippen molar-refractivity contribution in [3.8, 4) is 0 Å². The monoisotopic (exact) mass is 325 g/mol. The number of nitrogens with one attached hydrogen (secondary N) is 1. The van der Waals surface area contributed by atoms with Gasteiger partial charge in [-0.05, 0) is 30.5 Å². The third kappa shape index (κ3) is 4.32. The molecule has 0 radical (unpaired) electrons. The Hall–Kier alpha value is -2.40. The molecule has 0 spiro atoms. The topological polar surface area (TPSA) is 54.5 Å². The molecule has 5 heteroatoms. The van der Waals surface area contributed by atoms with Gasteiger partial charge in [0.1, 0.15) is 5.82 Å². The van der Waals surface area contributed by atoms with Crippen molar-refractivity contribution >= 4 is 17.4 Å². The first-order chi connectivity index (χ1) is 11.7. The highest BCUT2D eigenvalue weighted by Gasteiger charge is 2.21. The number of pyridine rings is 1. The number of hydrogen-bond acceptors (Lipinski definition) is 4. The minimum Gasteiger partial charge on any atom is -0.381 e. The number of amides is 1. The summed E-state index contributed by atoms with van der Waals surface area (Å²) in [6.07, 6.45) is 3.36. The van der Waals surface area contributed by atoms with E-state index in [1.807, 2.05) is 37.4 Å². The average molecular weight is 325 g/mol. The molecule has 1 saturated heterocycles. The lowest BCUT2D eigenvalue weighted by atomic mass is 9.99. The summed E-state index contributed by atoms with van der Waals surface area (Å²) in [5.41, 5.74) is 2.26. The molecule has 1 amide bonds. The normalized spacial score (nSPS) is 15.0. The van der Waals surface area contributed by atoms with E-state index in [2.05, 4.69) is 27.3 Å². The number of nitrogens with zero attached hydrogens (tertiary/aromatic N) is 2. The highest BCUT2D eigenvalue weighted by atomic mass is 16.5. The molecule has 3 rings (SSSR count). The first-order valence-corrected chi connectivity index (χ1v) is 8.32. The maximum absolute atomic E-state index is 12.2. The second-order valence-corrected chi connectivity index (χ2v) is 6.12. The van der Waals surface area contributed by atoms with Gasteiger partial charge >= 0.3 is 0 Å². The van der Waals surface area contributed by atoms with Gasteiger partial charge in [0.15, 0.2) is 0 Å². The van der Waals surface area contributed by atoms with Gasteiger partial charge < -0.3 is 15.0 Å². The van der Waals surface area contributed by atoms with Crippen molar-refractivity contribution in [3.63, 3.8) is 0 Å². The lowest BCUT2D eigenvalue weighted by molar-refractivity contribution is -0.122. The zero-order valence-electron chi connectivity index (χ0n) is 13.9. The van der Waals surface area contributed by atoms with E-state index in [1.165, 1.54) is 5.56 Å². The van der Waals surface area contributed by atoms with Gasteiger partial charge in [-0.3, -0.25) is 4.79 Å². The molecule has 24 heavy (non-hydrogen) atoms. The Morgan fingerprint density at radius 3 is 2.62 bits per heavy atom. The molecule has 1 fully saturated rings. The number of carbonyl (C=O) groups excluding carboxylic acids is 1. The molecule has 2 aromatic rings. The molecule has 1 aliphatic rings. The average Bonchev–Trinajstić information content (AvgIpc) is 2.64. The Morgan fingerprint density at radius 1 is 1.21 bits per heavy atom. The minimum atomic E-state index is 0.0287. The highest BCUT2D eigenvalue weighted by molar-refractivity contribution is 5.91. The van der Waals surface area contributed by atoms with Crippen LogP contribution in [0.1, 0.15) is 18.4 Å². The third-order valence-electron chi connectivity index (χ3n) is 4.29. The van der Waals surface area contributed by atoms with Crippen molar-refractivity contribution in [3.05, 3.63) is 54.2 Å². The lowest BCUT2D eigenvalue weighted by Gasteiger charge is -2.21. The molecule has 2 heterocycles. The fourth-order valence-electron chi connectivity index (χ4n) is 2.82. The standard InChI is InChI=1S/C19H23N3O2/c1-22(14-15-5-3-2-4-6-15)17-7-8-18(20-13-17)21-19(23)16-9-11-24-12-10-16/h2-8,13,16H,9-12,14H2,1H3,(H,20,21,23). The van der Waals surface area contributed by atoms with Crippen molar-refractivity contribution in [1.82, 2.24) is 4.98 Å².